The molecule has 1 aliphatic rings. The zero-order valence-electron chi connectivity index (χ0n) is 11.2. The molecule has 108 valence electrons. The second-order valence-electron chi connectivity index (χ2n) is 4.44. The number of aliphatic hydroxyl groups excluding tert-OH is 1. The number of hydrogen-bond donors (Lipinski definition) is 1. The summed E-state index contributed by atoms with van der Waals surface area (Å²) in [7, 11) is -3.42. The van der Waals surface area contributed by atoms with Crippen molar-refractivity contribution in [3.8, 4) is 0 Å². The summed E-state index contributed by atoms with van der Waals surface area (Å²) in [5, 5.41) is 9.06. The van der Waals surface area contributed by atoms with E-state index in [1.54, 1.807) is 0 Å². The third-order valence-corrected chi connectivity index (χ3v) is 4.91. The molecule has 7 heteroatoms. The van der Waals surface area contributed by atoms with Gasteiger partial charge in [0, 0.05) is 26.2 Å². The summed E-state index contributed by atoms with van der Waals surface area (Å²) in [5.41, 5.74) is 0. The summed E-state index contributed by atoms with van der Waals surface area (Å²) in [6.07, 6.45) is 1.19. The molecule has 1 saturated heterocycles. The standard InChI is InChI=1S/C11H24N2O4S/c1-3-5-12(6-4-2)18(15,16)13-7-8-17-11(9-13)10-14/h11,14H,3-10H2,1-2H3. The minimum Gasteiger partial charge on any atom is -0.394 e. The number of morpholine rings is 1. The van der Waals surface area contributed by atoms with E-state index in [-0.39, 0.29) is 13.2 Å². The molecule has 0 amide bonds. The summed E-state index contributed by atoms with van der Waals surface area (Å²) in [6, 6.07) is 0. The van der Waals surface area contributed by atoms with Crippen LogP contribution in [0.15, 0.2) is 0 Å². The normalized spacial score (nSPS) is 22.6. The Balaban J connectivity index is 2.75. The largest absolute Gasteiger partial charge is 0.394 e. The Hall–Kier alpha value is -0.210. The van der Waals surface area contributed by atoms with Gasteiger partial charge in [0.1, 0.15) is 0 Å². The maximum atomic E-state index is 12.4. The van der Waals surface area contributed by atoms with Gasteiger partial charge in [0.15, 0.2) is 0 Å². The third kappa shape index (κ3) is 3.89. The van der Waals surface area contributed by atoms with Crippen LogP contribution in [0.25, 0.3) is 0 Å². The van der Waals surface area contributed by atoms with E-state index in [9.17, 15) is 8.42 Å². The predicted octanol–water partition coefficient (Wildman–Crippen LogP) is 0.0463. The summed E-state index contributed by atoms with van der Waals surface area (Å²) in [4.78, 5) is 0. The maximum Gasteiger partial charge on any atom is 0.282 e. The Morgan fingerprint density at radius 2 is 1.94 bits per heavy atom. The van der Waals surface area contributed by atoms with Gasteiger partial charge in [0.05, 0.1) is 19.3 Å². The molecule has 0 aromatic rings. The highest BCUT2D eigenvalue weighted by molar-refractivity contribution is 7.86. The number of aliphatic hydroxyl groups is 1. The molecular formula is C11H24N2O4S. The van der Waals surface area contributed by atoms with Gasteiger partial charge in [-0.2, -0.15) is 17.0 Å². The molecule has 1 aliphatic heterocycles. The summed E-state index contributed by atoms with van der Waals surface area (Å²) < 4.78 is 33.1. The molecule has 1 rings (SSSR count). The molecule has 0 spiro atoms. The molecule has 0 aromatic heterocycles. The van der Waals surface area contributed by atoms with Gasteiger partial charge in [-0.15, -0.1) is 0 Å². The lowest BCUT2D eigenvalue weighted by molar-refractivity contribution is -0.0317. The predicted molar refractivity (Wildman–Crippen MR) is 69.5 cm³/mol. The first-order valence-electron chi connectivity index (χ1n) is 6.53. The summed E-state index contributed by atoms with van der Waals surface area (Å²) in [5.74, 6) is 0. The monoisotopic (exact) mass is 280 g/mol. The Bertz CT molecular complexity index is 328. The van der Waals surface area contributed by atoms with E-state index in [4.69, 9.17) is 9.84 Å². The van der Waals surface area contributed by atoms with Gasteiger partial charge in [-0.3, -0.25) is 0 Å². The van der Waals surface area contributed by atoms with Crippen LogP contribution in [0.1, 0.15) is 26.7 Å². The van der Waals surface area contributed by atoms with Crippen LogP contribution in [-0.4, -0.2) is 67.6 Å². The zero-order valence-corrected chi connectivity index (χ0v) is 12.0. The summed E-state index contributed by atoms with van der Waals surface area (Å²) >= 11 is 0. The van der Waals surface area contributed by atoms with Gasteiger partial charge in [-0.1, -0.05) is 13.8 Å². The second-order valence-corrected chi connectivity index (χ2v) is 6.37. The minimum atomic E-state index is -3.42. The molecule has 0 aliphatic carbocycles. The van der Waals surface area contributed by atoms with Crippen molar-refractivity contribution in [2.24, 2.45) is 0 Å². The van der Waals surface area contributed by atoms with Crippen molar-refractivity contribution in [2.75, 3.05) is 39.4 Å². The quantitative estimate of drug-likeness (QED) is 0.715. The first kappa shape index (κ1) is 15.8. The molecule has 0 aromatic carbocycles. The fraction of sp³-hybridized carbons (Fsp3) is 1.00. The molecule has 1 unspecified atom stereocenters. The van der Waals surface area contributed by atoms with Gasteiger partial charge in [0.25, 0.3) is 10.2 Å². The van der Waals surface area contributed by atoms with Crippen molar-refractivity contribution in [2.45, 2.75) is 32.8 Å². The van der Waals surface area contributed by atoms with Gasteiger partial charge < -0.3 is 9.84 Å². The second kappa shape index (κ2) is 7.40. The van der Waals surface area contributed by atoms with Gasteiger partial charge in [-0.25, -0.2) is 0 Å². The number of ether oxygens (including phenoxy) is 1. The molecule has 0 radical (unpaired) electrons. The van der Waals surface area contributed by atoms with Crippen molar-refractivity contribution < 1.29 is 18.3 Å². The first-order valence-corrected chi connectivity index (χ1v) is 7.93. The van der Waals surface area contributed by atoms with E-state index in [1.807, 2.05) is 13.8 Å². The van der Waals surface area contributed by atoms with E-state index < -0.39 is 16.3 Å². The maximum absolute atomic E-state index is 12.4. The van der Waals surface area contributed by atoms with Gasteiger partial charge in [-0.05, 0) is 12.8 Å². The molecule has 1 fully saturated rings. The smallest absolute Gasteiger partial charge is 0.282 e. The van der Waals surface area contributed by atoms with Crippen molar-refractivity contribution in [3.63, 3.8) is 0 Å². The average molecular weight is 280 g/mol. The van der Waals surface area contributed by atoms with Gasteiger partial charge in [0.2, 0.25) is 0 Å². The van der Waals surface area contributed by atoms with Crippen LogP contribution in [0.4, 0.5) is 0 Å². The van der Waals surface area contributed by atoms with E-state index in [0.29, 0.717) is 26.2 Å². The molecule has 0 saturated carbocycles. The SMILES string of the molecule is CCCN(CCC)S(=O)(=O)N1CCOC(CO)C1. The Morgan fingerprint density at radius 3 is 2.44 bits per heavy atom. The van der Waals surface area contributed by atoms with Crippen LogP contribution in [0, 0.1) is 0 Å². The number of nitrogens with zero attached hydrogens (tertiary/aromatic N) is 2. The molecule has 6 nitrogen and oxygen atoms in total. The Morgan fingerprint density at radius 1 is 1.33 bits per heavy atom. The lowest BCUT2D eigenvalue weighted by atomic mass is 10.3. The average Bonchev–Trinajstić information content (AvgIpc) is 2.38. The van der Waals surface area contributed by atoms with Crippen molar-refractivity contribution >= 4 is 10.2 Å². The van der Waals surface area contributed by atoms with Gasteiger partial charge >= 0.3 is 0 Å². The van der Waals surface area contributed by atoms with Crippen LogP contribution in [0.2, 0.25) is 0 Å². The number of hydrogen-bond acceptors (Lipinski definition) is 4. The van der Waals surface area contributed by atoms with Crippen molar-refractivity contribution in [3.05, 3.63) is 0 Å². The van der Waals surface area contributed by atoms with E-state index in [0.717, 1.165) is 12.8 Å². The Labute approximate surface area is 110 Å². The van der Waals surface area contributed by atoms with E-state index in [2.05, 4.69) is 0 Å². The van der Waals surface area contributed by atoms with Crippen LogP contribution in [-0.2, 0) is 14.9 Å². The molecule has 1 N–H and O–H groups in total. The lowest BCUT2D eigenvalue weighted by Crippen LogP contribution is -2.52. The fourth-order valence-corrected chi connectivity index (χ4v) is 3.83. The fourth-order valence-electron chi connectivity index (χ4n) is 2.02. The highest BCUT2D eigenvalue weighted by Gasteiger charge is 2.33. The van der Waals surface area contributed by atoms with Crippen molar-refractivity contribution in [1.29, 1.82) is 0 Å². The third-order valence-electron chi connectivity index (χ3n) is 2.90. The molecule has 18 heavy (non-hydrogen) atoms. The number of rotatable bonds is 7. The molecular weight excluding hydrogens is 256 g/mol. The van der Waals surface area contributed by atoms with E-state index >= 15 is 0 Å². The van der Waals surface area contributed by atoms with Crippen molar-refractivity contribution in [1.82, 2.24) is 8.61 Å². The highest BCUT2D eigenvalue weighted by atomic mass is 32.2. The first-order chi connectivity index (χ1) is 8.56. The Kier molecular flexibility index (Phi) is 6.51. The summed E-state index contributed by atoms with van der Waals surface area (Å²) in [6.45, 7) is 5.81. The molecule has 1 atom stereocenters. The van der Waals surface area contributed by atoms with Crippen LogP contribution < -0.4 is 0 Å². The van der Waals surface area contributed by atoms with Crippen LogP contribution >= 0.6 is 0 Å². The molecule has 0 bridgehead atoms. The highest BCUT2D eigenvalue weighted by Crippen LogP contribution is 2.14. The van der Waals surface area contributed by atoms with E-state index in [1.165, 1.54) is 8.61 Å². The lowest BCUT2D eigenvalue weighted by Gasteiger charge is -2.34. The topological polar surface area (TPSA) is 70.1 Å². The zero-order chi connectivity index (χ0) is 13.6. The molecule has 1 heterocycles. The van der Waals surface area contributed by atoms with Crippen LogP contribution in [0.5, 0.6) is 0 Å². The van der Waals surface area contributed by atoms with Crippen LogP contribution in [0.3, 0.4) is 0 Å². The minimum absolute atomic E-state index is 0.145.